The first-order chi connectivity index (χ1) is 16.5. The Balaban J connectivity index is 1.23. The van der Waals surface area contributed by atoms with Crippen LogP contribution in [0.4, 0.5) is 0 Å². The van der Waals surface area contributed by atoms with Gasteiger partial charge in [0.1, 0.15) is 23.1 Å². The molecular formula is C26H28N4O3S. The molecule has 0 aliphatic carbocycles. The number of rotatable bonds is 6. The quantitative estimate of drug-likeness (QED) is 0.410. The number of hydrogen-bond donors (Lipinski definition) is 0. The average molecular weight is 477 g/mol. The van der Waals surface area contributed by atoms with Gasteiger partial charge in [-0.15, -0.1) is 11.3 Å². The second-order valence-electron chi connectivity index (χ2n) is 8.47. The Kier molecular flexibility index (Phi) is 6.26. The Bertz CT molecular complexity index is 1300. The predicted octanol–water partition coefficient (Wildman–Crippen LogP) is 4.51. The van der Waals surface area contributed by atoms with E-state index < -0.39 is 0 Å². The molecule has 1 fully saturated rings. The Morgan fingerprint density at radius 2 is 1.71 bits per heavy atom. The summed E-state index contributed by atoms with van der Waals surface area (Å²) < 4.78 is 13.0. The molecule has 34 heavy (non-hydrogen) atoms. The standard InChI is InChI=1S/C26H28N4O3S/c1-18-6-4-5-7-23(18)30-26-22(19(2)27-30)16-24(34-26)25(31)29-14-12-28(13-15-29)17-33-21-10-8-20(32-3)9-11-21/h4-11,16H,12-15,17H2,1-3H3. The molecule has 176 valence electrons. The number of carbonyl (C=O) groups excluding carboxylic acids is 1. The number of thiophene rings is 1. The number of amides is 1. The molecule has 1 aliphatic rings. The number of ether oxygens (including phenoxy) is 2. The maximum atomic E-state index is 13.3. The fraction of sp³-hybridized carbons (Fsp3) is 0.308. The number of fused-ring (bicyclic) bond motifs is 1. The largest absolute Gasteiger partial charge is 0.497 e. The molecule has 0 unspecified atom stereocenters. The molecule has 2 aromatic carbocycles. The average Bonchev–Trinajstić information content (AvgIpc) is 3.44. The molecule has 2 aromatic heterocycles. The first-order valence-electron chi connectivity index (χ1n) is 11.4. The molecule has 0 saturated carbocycles. The molecule has 0 spiro atoms. The topological polar surface area (TPSA) is 59.8 Å². The molecule has 0 atom stereocenters. The predicted molar refractivity (Wildman–Crippen MR) is 134 cm³/mol. The van der Waals surface area contributed by atoms with Gasteiger partial charge in [0, 0.05) is 31.6 Å². The summed E-state index contributed by atoms with van der Waals surface area (Å²) in [5, 5.41) is 5.78. The fourth-order valence-electron chi connectivity index (χ4n) is 4.19. The van der Waals surface area contributed by atoms with Crippen LogP contribution in [0.5, 0.6) is 11.5 Å². The van der Waals surface area contributed by atoms with Crippen molar-refractivity contribution in [1.82, 2.24) is 19.6 Å². The molecule has 0 radical (unpaired) electrons. The van der Waals surface area contributed by atoms with Gasteiger partial charge >= 0.3 is 0 Å². The lowest BCUT2D eigenvalue weighted by molar-refractivity contribution is 0.0485. The molecule has 5 rings (SSSR count). The van der Waals surface area contributed by atoms with Gasteiger partial charge < -0.3 is 14.4 Å². The minimum absolute atomic E-state index is 0.0904. The highest BCUT2D eigenvalue weighted by atomic mass is 32.1. The second kappa shape index (κ2) is 9.48. The van der Waals surface area contributed by atoms with Crippen molar-refractivity contribution >= 4 is 27.5 Å². The van der Waals surface area contributed by atoms with E-state index in [-0.39, 0.29) is 5.91 Å². The molecule has 0 N–H and O–H groups in total. The monoisotopic (exact) mass is 476 g/mol. The minimum Gasteiger partial charge on any atom is -0.497 e. The van der Waals surface area contributed by atoms with Gasteiger partial charge in [-0.1, -0.05) is 18.2 Å². The number of para-hydroxylation sites is 1. The van der Waals surface area contributed by atoms with E-state index in [4.69, 9.17) is 14.6 Å². The number of benzene rings is 2. The highest BCUT2D eigenvalue weighted by Gasteiger charge is 2.25. The Hall–Kier alpha value is -3.36. The highest BCUT2D eigenvalue weighted by molar-refractivity contribution is 7.20. The van der Waals surface area contributed by atoms with Gasteiger partial charge in [-0.3, -0.25) is 9.69 Å². The van der Waals surface area contributed by atoms with Crippen molar-refractivity contribution in [3.05, 3.63) is 70.7 Å². The van der Waals surface area contributed by atoms with E-state index in [0.29, 0.717) is 19.8 Å². The first kappa shape index (κ1) is 22.4. The van der Waals surface area contributed by atoms with Crippen LogP contribution in [-0.2, 0) is 0 Å². The molecule has 4 aromatic rings. The zero-order valence-electron chi connectivity index (χ0n) is 19.7. The van der Waals surface area contributed by atoms with Gasteiger partial charge in [0.2, 0.25) is 0 Å². The van der Waals surface area contributed by atoms with E-state index in [9.17, 15) is 4.79 Å². The minimum atomic E-state index is 0.0904. The Labute approximate surface area is 203 Å². The second-order valence-corrected chi connectivity index (χ2v) is 9.50. The van der Waals surface area contributed by atoms with E-state index >= 15 is 0 Å². The van der Waals surface area contributed by atoms with Crippen LogP contribution in [0.25, 0.3) is 15.9 Å². The Morgan fingerprint density at radius 1 is 1.00 bits per heavy atom. The summed E-state index contributed by atoms with van der Waals surface area (Å²) in [6.45, 7) is 7.51. The van der Waals surface area contributed by atoms with Crippen molar-refractivity contribution in [3.8, 4) is 17.2 Å². The maximum absolute atomic E-state index is 13.3. The van der Waals surface area contributed by atoms with Crippen molar-refractivity contribution in [2.24, 2.45) is 0 Å². The lowest BCUT2D eigenvalue weighted by atomic mass is 10.2. The van der Waals surface area contributed by atoms with Gasteiger partial charge in [0.15, 0.2) is 0 Å². The summed E-state index contributed by atoms with van der Waals surface area (Å²) in [6, 6.07) is 17.8. The van der Waals surface area contributed by atoms with Crippen molar-refractivity contribution in [2.75, 3.05) is 40.0 Å². The number of hydrogen-bond acceptors (Lipinski definition) is 6. The number of aromatic nitrogens is 2. The van der Waals surface area contributed by atoms with Crippen LogP contribution >= 0.6 is 11.3 Å². The SMILES string of the molecule is COc1ccc(OCN2CCN(C(=O)c3cc4c(C)nn(-c5ccccc5C)c4s3)CC2)cc1. The van der Waals surface area contributed by atoms with E-state index in [2.05, 4.69) is 24.0 Å². The molecular weight excluding hydrogens is 448 g/mol. The fourth-order valence-corrected chi connectivity index (χ4v) is 5.33. The lowest BCUT2D eigenvalue weighted by Gasteiger charge is -2.34. The third-order valence-corrected chi connectivity index (χ3v) is 7.33. The van der Waals surface area contributed by atoms with Crippen LogP contribution in [0.2, 0.25) is 0 Å². The van der Waals surface area contributed by atoms with E-state index in [1.807, 2.05) is 59.0 Å². The molecule has 0 bridgehead atoms. The van der Waals surface area contributed by atoms with Crippen LogP contribution in [0.15, 0.2) is 54.6 Å². The number of aryl methyl sites for hydroxylation is 2. The molecule has 1 amide bonds. The Morgan fingerprint density at radius 3 is 2.41 bits per heavy atom. The zero-order chi connectivity index (χ0) is 23.7. The molecule has 3 heterocycles. The third kappa shape index (κ3) is 4.38. The van der Waals surface area contributed by atoms with E-state index in [1.165, 1.54) is 11.3 Å². The van der Waals surface area contributed by atoms with Crippen LogP contribution in [0.3, 0.4) is 0 Å². The van der Waals surface area contributed by atoms with Gasteiger partial charge in [-0.25, -0.2) is 4.68 Å². The van der Waals surface area contributed by atoms with Crippen molar-refractivity contribution in [2.45, 2.75) is 13.8 Å². The summed E-state index contributed by atoms with van der Waals surface area (Å²) in [4.78, 5) is 19.2. The summed E-state index contributed by atoms with van der Waals surface area (Å²) in [7, 11) is 1.65. The number of methoxy groups -OCH3 is 1. The van der Waals surface area contributed by atoms with Crippen molar-refractivity contribution < 1.29 is 14.3 Å². The van der Waals surface area contributed by atoms with Crippen LogP contribution < -0.4 is 9.47 Å². The van der Waals surface area contributed by atoms with Gasteiger partial charge in [0.25, 0.3) is 5.91 Å². The first-order valence-corrected chi connectivity index (χ1v) is 12.2. The normalized spacial score (nSPS) is 14.5. The van der Waals surface area contributed by atoms with Crippen molar-refractivity contribution in [1.29, 1.82) is 0 Å². The maximum Gasteiger partial charge on any atom is 0.264 e. The third-order valence-electron chi connectivity index (χ3n) is 6.23. The van der Waals surface area contributed by atoms with Crippen molar-refractivity contribution in [3.63, 3.8) is 0 Å². The number of nitrogens with zero attached hydrogens (tertiary/aromatic N) is 4. The number of carbonyl (C=O) groups is 1. The van der Waals surface area contributed by atoms with Crippen LogP contribution in [-0.4, -0.2) is 65.5 Å². The van der Waals surface area contributed by atoms with Crippen LogP contribution in [0, 0.1) is 13.8 Å². The van der Waals surface area contributed by atoms with Gasteiger partial charge in [-0.05, 0) is 55.8 Å². The molecule has 1 saturated heterocycles. The summed E-state index contributed by atoms with van der Waals surface area (Å²) >= 11 is 1.52. The molecule has 1 aliphatic heterocycles. The summed E-state index contributed by atoms with van der Waals surface area (Å²) in [5.74, 6) is 1.71. The van der Waals surface area contributed by atoms with Gasteiger partial charge in [-0.2, -0.15) is 5.10 Å². The summed E-state index contributed by atoms with van der Waals surface area (Å²) in [6.07, 6.45) is 0. The van der Waals surface area contributed by atoms with E-state index in [1.54, 1.807) is 7.11 Å². The zero-order valence-corrected chi connectivity index (χ0v) is 20.5. The molecule has 7 nitrogen and oxygen atoms in total. The highest BCUT2D eigenvalue weighted by Crippen LogP contribution is 2.32. The number of piperazine rings is 1. The van der Waals surface area contributed by atoms with Crippen LogP contribution in [0.1, 0.15) is 20.9 Å². The summed E-state index contributed by atoms with van der Waals surface area (Å²) in [5.41, 5.74) is 3.14. The lowest BCUT2D eigenvalue weighted by Crippen LogP contribution is -2.49. The molecule has 8 heteroatoms. The van der Waals surface area contributed by atoms with Gasteiger partial charge in [0.05, 0.1) is 23.4 Å². The smallest absolute Gasteiger partial charge is 0.264 e. The van der Waals surface area contributed by atoms with E-state index in [0.717, 1.165) is 56.6 Å².